The Hall–Kier alpha value is -0.890. The van der Waals surface area contributed by atoms with Crippen LogP contribution >= 0.6 is 0 Å². The summed E-state index contributed by atoms with van der Waals surface area (Å²) < 4.78 is 0. The number of carbonyl (C=O) groups is 1. The minimum absolute atomic E-state index is 0.156. The van der Waals surface area contributed by atoms with E-state index in [0.29, 0.717) is 35.4 Å². The van der Waals surface area contributed by atoms with Gasteiger partial charge in [0.25, 0.3) is 0 Å². The van der Waals surface area contributed by atoms with Gasteiger partial charge in [-0.05, 0) is 85.9 Å². The van der Waals surface area contributed by atoms with Gasteiger partial charge >= 0.3 is 0 Å². The lowest BCUT2D eigenvalue weighted by atomic mass is 9.45. The van der Waals surface area contributed by atoms with Crippen LogP contribution in [0.15, 0.2) is 24.3 Å². The molecule has 2 nitrogen and oxygen atoms in total. The Morgan fingerprint density at radius 1 is 1.31 bits per heavy atom. The molecule has 0 bridgehead atoms. The Morgan fingerprint density at radius 3 is 2.69 bits per heavy atom. The average molecular weight is 357 g/mol. The van der Waals surface area contributed by atoms with Gasteiger partial charge in [0, 0.05) is 5.92 Å². The topological polar surface area (TPSA) is 37.3 Å². The molecule has 26 heavy (non-hydrogen) atoms. The molecule has 0 radical (unpaired) electrons. The second-order valence-electron chi connectivity index (χ2n) is 10.4. The van der Waals surface area contributed by atoms with Gasteiger partial charge in [-0.15, -0.1) is 6.58 Å². The minimum atomic E-state index is -0.212. The highest BCUT2D eigenvalue weighted by atomic mass is 16.3. The van der Waals surface area contributed by atoms with E-state index in [1.807, 2.05) is 6.92 Å². The molecule has 4 rings (SSSR count). The lowest BCUT2D eigenvalue weighted by molar-refractivity contribution is -0.129. The Kier molecular flexibility index (Phi) is 4.30. The first-order valence-electron chi connectivity index (χ1n) is 10.7. The molecule has 0 aliphatic heterocycles. The van der Waals surface area contributed by atoms with Crippen molar-refractivity contribution in [3.05, 3.63) is 24.3 Å². The molecule has 4 aliphatic rings. The van der Waals surface area contributed by atoms with Crippen LogP contribution in [-0.4, -0.2) is 17.0 Å². The smallest absolute Gasteiger partial charge is 0.133 e. The maximum absolute atomic E-state index is 12.4. The van der Waals surface area contributed by atoms with Gasteiger partial charge in [-0.1, -0.05) is 38.5 Å². The molecule has 9 atom stereocenters. The summed E-state index contributed by atoms with van der Waals surface area (Å²) in [6.45, 7) is 13.1. The zero-order chi connectivity index (χ0) is 18.9. The van der Waals surface area contributed by atoms with Gasteiger partial charge < -0.3 is 5.11 Å². The molecule has 3 fully saturated rings. The second-order valence-corrected chi connectivity index (χ2v) is 10.4. The number of hydrogen-bond donors (Lipinski definition) is 1. The van der Waals surface area contributed by atoms with Crippen LogP contribution < -0.4 is 0 Å². The SMILES string of the molecule is C=CC1CC(O)CC2=CC[C@H]3[C@@H]4CC(C)[C@H](C(C)=O)[C@@]4(C)CC[C@@H]3[C@]21C. The summed E-state index contributed by atoms with van der Waals surface area (Å²) in [6.07, 6.45) is 10.8. The number of hydrogen-bond acceptors (Lipinski definition) is 2. The monoisotopic (exact) mass is 356 g/mol. The molecule has 2 heteroatoms. The van der Waals surface area contributed by atoms with Crippen molar-refractivity contribution in [2.24, 2.45) is 46.3 Å². The quantitative estimate of drug-likeness (QED) is 0.693. The fraction of sp³-hybridized carbons (Fsp3) is 0.792. The van der Waals surface area contributed by atoms with Crippen LogP contribution in [0.2, 0.25) is 0 Å². The van der Waals surface area contributed by atoms with Gasteiger partial charge in [0.2, 0.25) is 0 Å². The van der Waals surface area contributed by atoms with E-state index in [9.17, 15) is 9.90 Å². The molecule has 0 spiro atoms. The van der Waals surface area contributed by atoms with Crippen molar-refractivity contribution in [3.8, 4) is 0 Å². The highest BCUT2D eigenvalue weighted by Gasteiger charge is 2.62. The number of aliphatic hydroxyl groups excluding tert-OH is 1. The first-order valence-corrected chi connectivity index (χ1v) is 10.7. The summed E-state index contributed by atoms with van der Waals surface area (Å²) in [6, 6.07) is 0. The molecular formula is C24H36O2. The maximum atomic E-state index is 12.4. The van der Waals surface area contributed by atoms with Gasteiger partial charge in [0.1, 0.15) is 5.78 Å². The highest BCUT2D eigenvalue weighted by molar-refractivity contribution is 5.80. The van der Waals surface area contributed by atoms with Crippen LogP contribution in [0.4, 0.5) is 0 Å². The number of rotatable bonds is 2. The number of carbonyl (C=O) groups excluding carboxylic acids is 1. The molecule has 144 valence electrons. The molecule has 0 aromatic heterocycles. The largest absolute Gasteiger partial charge is 0.393 e. The summed E-state index contributed by atoms with van der Waals surface area (Å²) in [5.74, 6) is 3.57. The number of allylic oxidation sites excluding steroid dienone is 2. The van der Waals surface area contributed by atoms with E-state index >= 15 is 0 Å². The van der Waals surface area contributed by atoms with E-state index in [2.05, 4.69) is 39.5 Å². The van der Waals surface area contributed by atoms with Crippen LogP contribution in [0.25, 0.3) is 0 Å². The Balaban J connectivity index is 1.73. The number of Topliss-reactive ketones (excluding diaryl/α,β-unsaturated/α-hetero) is 1. The zero-order valence-corrected chi connectivity index (χ0v) is 17.0. The van der Waals surface area contributed by atoms with E-state index in [0.717, 1.165) is 19.3 Å². The van der Waals surface area contributed by atoms with Gasteiger partial charge in [-0.3, -0.25) is 4.79 Å². The van der Waals surface area contributed by atoms with Gasteiger partial charge in [0.15, 0.2) is 0 Å². The molecule has 0 saturated heterocycles. The van der Waals surface area contributed by atoms with Crippen molar-refractivity contribution in [1.82, 2.24) is 0 Å². The van der Waals surface area contributed by atoms with E-state index in [1.165, 1.54) is 24.8 Å². The van der Waals surface area contributed by atoms with Crippen molar-refractivity contribution >= 4 is 5.78 Å². The van der Waals surface area contributed by atoms with Crippen LogP contribution in [0.3, 0.4) is 0 Å². The normalized spacial score (nSPS) is 53.1. The van der Waals surface area contributed by atoms with E-state index in [-0.39, 0.29) is 22.9 Å². The van der Waals surface area contributed by atoms with Crippen molar-refractivity contribution in [2.75, 3.05) is 0 Å². The average Bonchev–Trinajstić information content (AvgIpc) is 2.85. The molecule has 1 N–H and O–H groups in total. The molecule has 3 saturated carbocycles. The summed E-state index contributed by atoms with van der Waals surface area (Å²) >= 11 is 0. The third kappa shape index (κ3) is 2.30. The van der Waals surface area contributed by atoms with Crippen LogP contribution in [-0.2, 0) is 4.79 Å². The molecular weight excluding hydrogens is 320 g/mol. The van der Waals surface area contributed by atoms with Crippen LogP contribution in [0.5, 0.6) is 0 Å². The Morgan fingerprint density at radius 2 is 2.04 bits per heavy atom. The van der Waals surface area contributed by atoms with E-state index in [4.69, 9.17) is 0 Å². The standard InChI is InChI=1S/C24H36O2/c1-6-16-12-18(26)13-17-7-8-19-20(24(16,17)5)9-10-23(4)21(19)11-14(2)22(23)15(3)25/h6-7,14,16,18-22,26H,1,8-13H2,2-5H3/t14?,16?,18?,19-,20+,21+,22-,23+,24+/m1/s1. The second kappa shape index (κ2) is 6.06. The minimum Gasteiger partial charge on any atom is -0.393 e. The van der Waals surface area contributed by atoms with Gasteiger partial charge in [-0.25, -0.2) is 0 Å². The maximum Gasteiger partial charge on any atom is 0.133 e. The molecule has 0 aromatic rings. The molecule has 3 unspecified atom stereocenters. The molecule has 0 heterocycles. The lowest BCUT2D eigenvalue weighted by Gasteiger charge is -2.60. The first-order chi connectivity index (χ1) is 12.2. The number of ketones is 1. The fourth-order valence-corrected chi connectivity index (χ4v) is 8.36. The van der Waals surface area contributed by atoms with Gasteiger partial charge in [0.05, 0.1) is 6.10 Å². The Labute approximate surface area is 159 Å². The van der Waals surface area contributed by atoms with Crippen molar-refractivity contribution in [3.63, 3.8) is 0 Å². The zero-order valence-electron chi connectivity index (χ0n) is 17.0. The van der Waals surface area contributed by atoms with E-state index in [1.54, 1.807) is 0 Å². The number of aliphatic hydroxyl groups is 1. The van der Waals surface area contributed by atoms with Crippen molar-refractivity contribution < 1.29 is 9.90 Å². The fourth-order valence-electron chi connectivity index (χ4n) is 8.36. The lowest BCUT2D eigenvalue weighted by Crippen LogP contribution is -2.53. The summed E-state index contributed by atoms with van der Waals surface area (Å²) in [7, 11) is 0. The number of fused-ring (bicyclic) bond motifs is 5. The molecule has 4 aliphatic carbocycles. The summed E-state index contributed by atoms with van der Waals surface area (Å²) in [5, 5.41) is 10.4. The van der Waals surface area contributed by atoms with Gasteiger partial charge in [-0.2, -0.15) is 0 Å². The predicted octanol–water partition coefficient (Wildman–Crippen LogP) is 5.17. The summed E-state index contributed by atoms with van der Waals surface area (Å²) in [4.78, 5) is 12.4. The van der Waals surface area contributed by atoms with Crippen molar-refractivity contribution in [2.45, 2.75) is 72.3 Å². The van der Waals surface area contributed by atoms with Crippen LogP contribution in [0, 0.1) is 46.3 Å². The van der Waals surface area contributed by atoms with Crippen molar-refractivity contribution in [1.29, 1.82) is 0 Å². The van der Waals surface area contributed by atoms with Crippen LogP contribution in [0.1, 0.15) is 66.2 Å². The molecule has 0 amide bonds. The first kappa shape index (κ1) is 18.5. The Bertz CT molecular complexity index is 649. The third-order valence-corrected chi connectivity index (χ3v) is 9.35. The van der Waals surface area contributed by atoms with E-state index < -0.39 is 0 Å². The summed E-state index contributed by atoms with van der Waals surface area (Å²) in [5.41, 5.74) is 1.83. The molecule has 0 aromatic carbocycles. The third-order valence-electron chi connectivity index (χ3n) is 9.35. The predicted molar refractivity (Wildman–Crippen MR) is 105 cm³/mol. The highest BCUT2D eigenvalue weighted by Crippen LogP contribution is 2.68.